The van der Waals surface area contributed by atoms with Crippen molar-refractivity contribution >= 4 is 23.1 Å². The van der Waals surface area contributed by atoms with Gasteiger partial charge in [-0.3, -0.25) is 9.78 Å². The molecule has 6 nitrogen and oxygen atoms in total. The van der Waals surface area contributed by atoms with Gasteiger partial charge >= 0.3 is 0 Å². The van der Waals surface area contributed by atoms with Gasteiger partial charge in [-0.1, -0.05) is 6.07 Å². The fourth-order valence-electron chi connectivity index (χ4n) is 3.28. The molecule has 0 amide bonds. The first-order valence-electron chi connectivity index (χ1n) is 7.64. The number of nitrogens with zero attached hydrogens (tertiary/aromatic N) is 4. The average Bonchev–Trinajstić information content (AvgIpc) is 3.08. The first kappa shape index (κ1) is 14.9. The van der Waals surface area contributed by atoms with Crippen LogP contribution >= 0.6 is 11.3 Å². The number of nitrogen functional groups attached to an aromatic ring is 1. The third kappa shape index (κ3) is 2.46. The summed E-state index contributed by atoms with van der Waals surface area (Å²) in [5.41, 5.74) is 9.65. The summed E-state index contributed by atoms with van der Waals surface area (Å²) in [6, 6.07) is 3.91. The maximum absolute atomic E-state index is 12.6. The van der Waals surface area contributed by atoms with E-state index >= 15 is 0 Å². The van der Waals surface area contributed by atoms with Crippen molar-refractivity contribution in [1.82, 2.24) is 19.9 Å². The van der Waals surface area contributed by atoms with E-state index < -0.39 is 0 Å². The predicted octanol–water partition coefficient (Wildman–Crippen LogP) is 2.80. The number of Topliss-reactive ketones (excluding diaryl/α,β-unsaturated/α-hetero) is 1. The molecule has 0 bridgehead atoms. The number of pyridine rings is 1. The van der Waals surface area contributed by atoms with Gasteiger partial charge in [0, 0.05) is 24.2 Å². The summed E-state index contributed by atoms with van der Waals surface area (Å²) >= 11 is 1.54. The highest BCUT2D eigenvalue weighted by Crippen LogP contribution is 2.37. The Hall–Kier alpha value is -2.67. The zero-order chi connectivity index (χ0) is 16.7. The lowest BCUT2D eigenvalue weighted by Crippen LogP contribution is -2.23. The van der Waals surface area contributed by atoms with Crippen LogP contribution in [0.2, 0.25) is 0 Å². The SMILES string of the molecule is Cc1nc(N)nc2c1C(=O)CC(c1cccnc1-c1nccs1)C2. The van der Waals surface area contributed by atoms with Gasteiger partial charge in [-0.25, -0.2) is 15.0 Å². The Bertz CT molecular complexity index is 923. The first-order valence-corrected chi connectivity index (χ1v) is 8.52. The predicted molar refractivity (Wildman–Crippen MR) is 91.9 cm³/mol. The lowest BCUT2D eigenvalue weighted by atomic mass is 9.80. The Morgan fingerprint density at radius 3 is 2.88 bits per heavy atom. The second-order valence-corrected chi connectivity index (χ2v) is 6.69. The van der Waals surface area contributed by atoms with Crippen molar-refractivity contribution in [2.75, 3.05) is 5.73 Å². The smallest absolute Gasteiger partial charge is 0.220 e. The van der Waals surface area contributed by atoms with Gasteiger partial charge in [-0.15, -0.1) is 11.3 Å². The molecule has 120 valence electrons. The molecule has 0 aliphatic heterocycles. The molecule has 0 saturated carbocycles. The molecular formula is C17H15N5OS. The Morgan fingerprint density at radius 1 is 1.21 bits per heavy atom. The van der Waals surface area contributed by atoms with Crippen molar-refractivity contribution in [3.05, 3.63) is 52.4 Å². The van der Waals surface area contributed by atoms with Crippen LogP contribution in [0.3, 0.4) is 0 Å². The van der Waals surface area contributed by atoms with Crippen LogP contribution in [0.5, 0.6) is 0 Å². The van der Waals surface area contributed by atoms with Gasteiger partial charge in [0.2, 0.25) is 5.95 Å². The van der Waals surface area contributed by atoms with Gasteiger partial charge < -0.3 is 5.73 Å². The summed E-state index contributed by atoms with van der Waals surface area (Å²) < 4.78 is 0. The molecule has 0 spiro atoms. The molecule has 1 aliphatic rings. The van der Waals surface area contributed by atoms with Crippen LogP contribution in [-0.4, -0.2) is 25.7 Å². The Morgan fingerprint density at radius 2 is 2.08 bits per heavy atom. The molecule has 0 fully saturated rings. The Kier molecular flexibility index (Phi) is 3.57. The Balaban J connectivity index is 1.79. The van der Waals surface area contributed by atoms with E-state index in [-0.39, 0.29) is 17.6 Å². The molecule has 3 aromatic rings. The van der Waals surface area contributed by atoms with E-state index in [0.29, 0.717) is 24.1 Å². The third-order valence-electron chi connectivity index (χ3n) is 4.25. The molecule has 0 saturated heterocycles. The summed E-state index contributed by atoms with van der Waals surface area (Å²) in [6.45, 7) is 1.81. The number of anilines is 1. The molecule has 1 atom stereocenters. The van der Waals surface area contributed by atoms with E-state index in [2.05, 4.69) is 19.9 Å². The summed E-state index contributed by atoms with van der Waals surface area (Å²) in [4.78, 5) is 29.9. The first-order chi connectivity index (χ1) is 11.6. The van der Waals surface area contributed by atoms with E-state index in [4.69, 9.17) is 5.73 Å². The Labute approximate surface area is 142 Å². The summed E-state index contributed by atoms with van der Waals surface area (Å²) in [5, 5.41) is 2.79. The minimum Gasteiger partial charge on any atom is -0.368 e. The van der Waals surface area contributed by atoms with Crippen molar-refractivity contribution in [1.29, 1.82) is 0 Å². The molecule has 2 N–H and O–H groups in total. The van der Waals surface area contributed by atoms with Crippen molar-refractivity contribution in [3.63, 3.8) is 0 Å². The molecule has 0 aromatic carbocycles. The summed E-state index contributed by atoms with van der Waals surface area (Å²) in [6.07, 6.45) is 4.59. The third-order valence-corrected chi connectivity index (χ3v) is 5.03. The maximum Gasteiger partial charge on any atom is 0.220 e. The van der Waals surface area contributed by atoms with Crippen LogP contribution in [0, 0.1) is 6.92 Å². The summed E-state index contributed by atoms with van der Waals surface area (Å²) in [7, 11) is 0. The number of carbonyl (C=O) groups excluding carboxylic acids is 1. The van der Waals surface area contributed by atoms with E-state index in [0.717, 1.165) is 22.0 Å². The van der Waals surface area contributed by atoms with Gasteiger partial charge in [0.05, 0.1) is 17.0 Å². The van der Waals surface area contributed by atoms with Crippen LogP contribution < -0.4 is 5.73 Å². The molecular weight excluding hydrogens is 322 g/mol. The fraction of sp³-hybridized carbons (Fsp3) is 0.235. The van der Waals surface area contributed by atoms with E-state index in [1.54, 1.807) is 30.7 Å². The second kappa shape index (κ2) is 5.76. The van der Waals surface area contributed by atoms with Crippen LogP contribution in [0.1, 0.15) is 39.6 Å². The largest absolute Gasteiger partial charge is 0.368 e. The number of hydrogen-bond acceptors (Lipinski definition) is 7. The quantitative estimate of drug-likeness (QED) is 0.772. The highest BCUT2D eigenvalue weighted by atomic mass is 32.1. The van der Waals surface area contributed by atoms with E-state index in [1.165, 1.54) is 0 Å². The topological polar surface area (TPSA) is 94.7 Å². The number of aromatic nitrogens is 4. The molecule has 1 unspecified atom stereocenters. The van der Waals surface area contributed by atoms with Gasteiger partial charge in [0.15, 0.2) is 5.78 Å². The maximum atomic E-state index is 12.6. The van der Waals surface area contributed by atoms with Crippen LogP contribution in [0.4, 0.5) is 5.95 Å². The molecule has 7 heteroatoms. The number of rotatable bonds is 2. The van der Waals surface area contributed by atoms with Gasteiger partial charge in [0.1, 0.15) is 10.7 Å². The van der Waals surface area contributed by atoms with E-state index in [9.17, 15) is 4.79 Å². The van der Waals surface area contributed by atoms with Crippen LogP contribution in [0.25, 0.3) is 10.7 Å². The number of ketones is 1. The monoisotopic (exact) mass is 337 g/mol. The number of thiazole rings is 1. The minimum absolute atomic E-state index is 0.0197. The lowest BCUT2D eigenvalue weighted by Gasteiger charge is -2.25. The molecule has 3 heterocycles. The normalized spacial score (nSPS) is 16.9. The molecule has 0 radical (unpaired) electrons. The second-order valence-electron chi connectivity index (χ2n) is 5.80. The van der Waals surface area contributed by atoms with Gasteiger partial charge in [0.25, 0.3) is 0 Å². The highest BCUT2D eigenvalue weighted by Gasteiger charge is 2.31. The molecule has 3 aromatic heterocycles. The van der Waals surface area contributed by atoms with Crippen LogP contribution in [0.15, 0.2) is 29.9 Å². The van der Waals surface area contributed by atoms with Crippen molar-refractivity contribution in [2.45, 2.75) is 25.7 Å². The zero-order valence-electron chi connectivity index (χ0n) is 13.1. The number of nitrogens with two attached hydrogens (primary N) is 1. The molecule has 24 heavy (non-hydrogen) atoms. The van der Waals surface area contributed by atoms with E-state index in [1.807, 2.05) is 17.5 Å². The summed E-state index contributed by atoms with van der Waals surface area (Å²) in [5.74, 6) is 0.296. The highest BCUT2D eigenvalue weighted by molar-refractivity contribution is 7.13. The minimum atomic E-state index is 0.0197. The molecule has 4 rings (SSSR count). The van der Waals surface area contributed by atoms with Crippen LogP contribution in [-0.2, 0) is 6.42 Å². The van der Waals surface area contributed by atoms with Gasteiger partial charge in [-0.05, 0) is 30.9 Å². The number of hydrogen-bond donors (Lipinski definition) is 1. The fourth-order valence-corrected chi connectivity index (χ4v) is 3.94. The number of aryl methyl sites for hydroxylation is 1. The number of carbonyl (C=O) groups is 1. The van der Waals surface area contributed by atoms with Crippen molar-refractivity contribution in [3.8, 4) is 10.7 Å². The zero-order valence-corrected chi connectivity index (χ0v) is 13.9. The molecule has 1 aliphatic carbocycles. The standard InChI is InChI=1S/C17H15N5OS/c1-9-14-12(22-17(18)21-9)7-10(8-13(14)23)11-3-2-4-19-15(11)16-20-5-6-24-16/h2-6,10H,7-8H2,1H3,(H2,18,21,22). The average molecular weight is 337 g/mol. The van der Waals surface area contributed by atoms with Crippen molar-refractivity contribution < 1.29 is 4.79 Å². The van der Waals surface area contributed by atoms with Crippen molar-refractivity contribution in [2.24, 2.45) is 0 Å². The lowest BCUT2D eigenvalue weighted by molar-refractivity contribution is 0.0962. The van der Waals surface area contributed by atoms with Gasteiger partial charge in [-0.2, -0.15) is 0 Å². The number of fused-ring (bicyclic) bond motifs is 1.